The van der Waals surface area contributed by atoms with E-state index in [4.69, 9.17) is 0 Å². The predicted octanol–water partition coefficient (Wildman–Crippen LogP) is 6.20. The van der Waals surface area contributed by atoms with Crippen molar-refractivity contribution in [1.29, 1.82) is 0 Å². The second-order valence-corrected chi connectivity index (χ2v) is 14.8. The Morgan fingerprint density at radius 2 is 1.58 bits per heavy atom. The second-order valence-electron chi connectivity index (χ2n) is 6.91. The molecule has 24 heavy (non-hydrogen) atoms. The highest BCUT2D eigenvalue weighted by atomic mass is 32.9. The topological polar surface area (TPSA) is 40.5 Å². The molecular formula is C19H35O2PS2. The van der Waals surface area contributed by atoms with E-state index in [1.807, 2.05) is 12.1 Å². The summed E-state index contributed by atoms with van der Waals surface area (Å²) in [5, 5.41) is 0. The van der Waals surface area contributed by atoms with Crippen LogP contribution in [0.15, 0.2) is 29.2 Å². The molecule has 2 nitrogen and oxygen atoms in total. The first-order valence-corrected chi connectivity index (χ1v) is 14.1. The molecule has 0 fully saturated rings. The van der Waals surface area contributed by atoms with Crippen LogP contribution in [0.2, 0.25) is 0 Å². The normalized spacial score (nSPS) is 13.5. The van der Waals surface area contributed by atoms with Crippen LogP contribution in [0.4, 0.5) is 0 Å². The van der Waals surface area contributed by atoms with E-state index in [1.165, 1.54) is 44.1 Å². The molecule has 2 N–H and O–H groups in total. The van der Waals surface area contributed by atoms with Crippen molar-refractivity contribution in [1.82, 2.24) is 0 Å². The molecule has 1 rings (SSSR count). The van der Waals surface area contributed by atoms with Gasteiger partial charge in [-0.15, -0.1) is 10.1 Å². The molecule has 1 unspecified atom stereocenters. The van der Waals surface area contributed by atoms with Gasteiger partial charge < -0.3 is 9.79 Å². The van der Waals surface area contributed by atoms with Crippen LogP contribution in [0.1, 0.15) is 71.3 Å². The summed E-state index contributed by atoms with van der Waals surface area (Å²) < 4.78 is 0. The molecule has 0 aliphatic carbocycles. The van der Waals surface area contributed by atoms with E-state index in [-0.39, 0.29) is 0 Å². The maximum Gasteiger partial charge on any atom is 0.203 e. The van der Waals surface area contributed by atoms with Crippen LogP contribution in [0.5, 0.6) is 0 Å². The average Bonchev–Trinajstić information content (AvgIpc) is 2.49. The zero-order valence-electron chi connectivity index (χ0n) is 15.4. The summed E-state index contributed by atoms with van der Waals surface area (Å²) in [7, 11) is -0.556. The molecule has 0 aliphatic heterocycles. The van der Waals surface area contributed by atoms with Gasteiger partial charge in [-0.25, -0.2) is 0 Å². The van der Waals surface area contributed by atoms with Crippen molar-refractivity contribution in [3.8, 4) is 0 Å². The van der Waals surface area contributed by atoms with Crippen LogP contribution in [0.25, 0.3) is 0 Å². The highest BCUT2D eigenvalue weighted by molar-refractivity contribution is 8.65. The highest BCUT2D eigenvalue weighted by Gasteiger charge is 2.16. The van der Waals surface area contributed by atoms with Gasteiger partial charge in [0.05, 0.1) is 0 Å². The summed E-state index contributed by atoms with van der Waals surface area (Å²) in [5.74, 6) is 1.40. The second kappa shape index (κ2) is 11.8. The van der Waals surface area contributed by atoms with Crippen LogP contribution < -0.4 is 0 Å². The fourth-order valence-corrected chi connectivity index (χ4v) is 8.77. The molecule has 1 aromatic rings. The quantitative estimate of drug-likeness (QED) is 0.239. The van der Waals surface area contributed by atoms with Crippen LogP contribution >= 0.6 is 17.9 Å². The van der Waals surface area contributed by atoms with E-state index >= 15 is 0 Å². The lowest BCUT2D eigenvalue weighted by molar-refractivity contribution is 0.502. The molecule has 0 aromatic heterocycles. The third-order valence-electron chi connectivity index (χ3n) is 4.09. The molecule has 0 amide bonds. The predicted molar refractivity (Wildman–Crippen MR) is 114 cm³/mol. The van der Waals surface area contributed by atoms with Crippen molar-refractivity contribution in [2.24, 2.45) is 5.92 Å². The van der Waals surface area contributed by atoms with Gasteiger partial charge in [0.15, 0.2) is 0 Å². The van der Waals surface area contributed by atoms with Crippen molar-refractivity contribution >= 4 is 28.0 Å². The first-order valence-electron chi connectivity index (χ1n) is 9.23. The van der Waals surface area contributed by atoms with E-state index in [0.29, 0.717) is 5.92 Å². The van der Waals surface area contributed by atoms with E-state index in [1.54, 1.807) is 0 Å². The zero-order chi connectivity index (χ0) is 18.0. The minimum atomic E-state index is -3.16. The highest BCUT2D eigenvalue weighted by Crippen LogP contribution is 2.50. The molecule has 0 bridgehead atoms. The first kappa shape index (κ1) is 22.3. The molecular weight excluding hydrogens is 355 g/mol. The van der Waals surface area contributed by atoms with Crippen molar-refractivity contribution in [3.63, 3.8) is 0 Å². The number of thiol groups is 1. The monoisotopic (exact) mass is 390 g/mol. The zero-order valence-corrected chi connectivity index (χ0v) is 18.1. The van der Waals surface area contributed by atoms with Gasteiger partial charge in [0, 0.05) is 4.90 Å². The van der Waals surface area contributed by atoms with Crippen molar-refractivity contribution in [3.05, 3.63) is 29.8 Å². The van der Waals surface area contributed by atoms with Crippen LogP contribution in [0, 0.1) is 5.92 Å². The van der Waals surface area contributed by atoms with Crippen molar-refractivity contribution in [2.45, 2.75) is 77.0 Å². The fraction of sp³-hybridized carbons (Fsp3) is 0.684. The van der Waals surface area contributed by atoms with Gasteiger partial charge in [0.2, 0.25) is 5.69 Å². The number of hydrogen-bond donors (Lipinski definition) is 3. The molecule has 5 heteroatoms. The molecule has 0 radical (unpaired) electrons. The van der Waals surface area contributed by atoms with Gasteiger partial charge in [0.25, 0.3) is 0 Å². The van der Waals surface area contributed by atoms with Gasteiger partial charge in [-0.2, -0.15) is 0 Å². The average molecular weight is 391 g/mol. The van der Waals surface area contributed by atoms with Gasteiger partial charge in [-0.3, -0.25) is 0 Å². The molecule has 0 saturated heterocycles. The lowest BCUT2D eigenvalue weighted by atomic mass is 10.0. The van der Waals surface area contributed by atoms with Gasteiger partial charge in [0.1, 0.15) is 0 Å². The van der Waals surface area contributed by atoms with Gasteiger partial charge in [-0.1, -0.05) is 89.7 Å². The van der Waals surface area contributed by atoms with Gasteiger partial charge >= 0.3 is 0 Å². The summed E-state index contributed by atoms with van der Waals surface area (Å²) in [5.41, 5.74) is -1.91. The van der Waals surface area contributed by atoms with E-state index in [0.717, 1.165) is 23.5 Å². The maximum atomic E-state index is 10.3. The Hall–Kier alpha value is 0.270. The van der Waals surface area contributed by atoms with Crippen LogP contribution in [-0.2, 0) is 16.5 Å². The van der Waals surface area contributed by atoms with Crippen LogP contribution in [0.3, 0.4) is 0 Å². The molecule has 140 valence electrons. The number of rotatable bonds is 11. The third-order valence-corrected chi connectivity index (χ3v) is 11.0. The Bertz CT molecular complexity index is 530. The summed E-state index contributed by atoms with van der Waals surface area (Å²) in [4.78, 5) is 21.7. The van der Waals surface area contributed by atoms with Crippen molar-refractivity contribution < 1.29 is 9.79 Å². The summed E-state index contributed by atoms with van der Waals surface area (Å²) in [6, 6.07) is 8.25. The molecule has 1 atom stereocenters. The van der Waals surface area contributed by atoms with E-state index in [9.17, 15) is 9.79 Å². The number of benzene rings is 1. The summed E-state index contributed by atoms with van der Waals surface area (Å²) in [6.07, 6.45) is 9.67. The van der Waals surface area contributed by atoms with E-state index < -0.39 is 15.8 Å². The molecule has 0 spiro atoms. The molecule has 0 heterocycles. The molecule has 1 aromatic carbocycles. The minimum absolute atomic E-state index is 0.556. The fourth-order valence-electron chi connectivity index (χ4n) is 2.90. The minimum Gasteiger partial charge on any atom is -0.341 e. The Labute approximate surface area is 156 Å². The first-order chi connectivity index (χ1) is 11.4. The summed E-state index contributed by atoms with van der Waals surface area (Å²) >= 11 is 4.20. The Balaban J connectivity index is 2.76. The Kier molecular flexibility index (Phi) is 11.0. The standard InChI is InChI=1S/C19H35O2PS2/c1-4-5-6-7-8-9-12-15-24(22(20,21)23)19-14-11-10-13-18(19)16-17(2)3/h10-11,13-14,17,20-21,23H,4-9,12,15-16H2,1-3H3. The van der Waals surface area contributed by atoms with Gasteiger partial charge in [-0.05, 0) is 36.1 Å². The Morgan fingerprint density at radius 1 is 1.00 bits per heavy atom. The number of unbranched alkanes of at least 4 members (excludes halogenated alkanes) is 6. The lowest BCUT2D eigenvalue weighted by Crippen LogP contribution is -2.05. The van der Waals surface area contributed by atoms with E-state index in [2.05, 4.69) is 45.2 Å². The molecule has 0 saturated carbocycles. The van der Waals surface area contributed by atoms with Crippen LogP contribution in [-0.4, -0.2) is 15.5 Å². The third kappa shape index (κ3) is 8.58. The largest absolute Gasteiger partial charge is 0.341 e. The molecule has 0 aliphatic rings. The SMILES string of the molecule is CCCCCCCCCS(c1ccccc1CC(C)C)=P(O)(O)S. The Morgan fingerprint density at radius 3 is 2.17 bits per heavy atom. The number of hydrogen-bond acceptors (Lipinski definition) is 0. The maximum absolute atomic E-state index is 10.3. The smallest absolute Gasteiger partial charge is 0.203 e. The van der Waals surface area contributed by atoms with Crippen molar-refractivity contribution in [2.75, 3.05) is 5.75 Å². The lowest BCUT2D eigenvalue weighted by Gasteiger charge is -2.20. The summed E-state index contributed by atoms with van der Waals surface area (Å²) in [6.45, 7) is 6.64.